The third kappa shape index (κ3) is 2.52. The minimum absolute atomic E-state index is 0.380. The Kier molecular flexibility index (Phi) is 3.73. The Bertz CT molecular complexity index is 709. The Balaban J connectivity index is 1.94. The summed E-state index contributed by atoms with van der Waals surface area (Å²) in [6, 6.07) is 8.49. The van der Waals surface area contributed by atoms with Gasteiger partial charge in [0, 0.05) is 6.20 Å². The minimum Gasteiger partial charge on any atom is -0.481 e. The fourth-order valence-corrected chi connectivity index (χ4v) is 3.24. The van der Waals surface area contributed by atoms with Crippen molar-refractivity contribution in [2.24, 2.45) is 17.8 Å². The smallest absolute Gasteiger partial charge is 0.309 e. The molecule has 0 radical (unpaired) electrons. The van der Waals surface area contributed by atoms with E-state index in [1.807, 2.05) is 30.3 Å². The van der Waals surface area contributed by atoms with Crippen molar-refractivity contribution >= 4 is 23.9 Å². The summed E-state index contributed by atoms with van der Waals surface area (Å²) in [6.07, 6.45) is 6.37. The topological polar surface area (TPSA) is 94.9 Å². The molecule has 0 aromatic heterocycles. The van der Waals surface area contributed by atoms with Gasteiger partial charge in [-0.2, -0.15) is 0 Å². The van der Waals surface area contributed by atoms with Crippen molar-refractivity contribution in [1.29, 1.82) is 0 Å². The van der Waals surface area contributed by atoms with E-state index in [4.69, 9.17) is 0 Å². The molecule has 0 saturated carbocycles. The third-order valence-corrected chi connectivity index (χ3v) is 4.32. The second-order valence-corrected chi connectivity index (χ2v) is 5.60. The van der Waals surface area contributed by atoms with Gasteiger partial charge in [-0.3, -0.25) is 14.4 Å². The molecule has 1 aromatic carbocycles. The zero-order chi connectivity index (χ0) is 16.6. The van der Waals surface area contributed by atoms with E-state index in [0.717, 1.165) is 5.56 Å². The summed E-state index contributed by atoms with van der Waals surface area (Å²) in [5, 5.41) is 18.7. The molecule has 2 bridgehead atoms. The van der Waals surface area contributed by atoms with Crippen LogP contribution in [0.15, 0.2) is 48.7 Å². The van der Waals surface area contributed by atoms with Crippen LogP contribution in [0, 0.1) is 17.8 Å². The summed E-state index contributed by atoms with van der Waals surface area (Å²) in [5.74, 6) is -6.16. The normalized spacial score (nSPS) is 29.2. The zero-order valence-electron chi connectivity index (χ0n) is 12.1. The molecule has 0 spiro atoms. The Labute approximate surface area is 132 Å². The number of hydrogen-bond donors (Lipinski definition) is 2. The highest BCUT2D eigenvalue weighted by molar-refractivity contribution is 5.94. The monoisotopic (exact) mass is 313 g/mol. The van der Waals surface area contributed by atoms with Crippen LogP contribution >= 0.6 is 0 Å². The summed E-state index contributed by atoms with van der Waals surface area (Å²) in [6.45, 7) is 0. The van der Waals surface area contributed by atoms with Crippen LogP contribution in [-0.4, -0.2) is 39.0 Å². The van der Waals surface area contributed by atoms with E-state index in [9.17, 15) is 24.6 Å². The van der Waals surface area contributed by atoms with Gasteiger partial charge in [0.1, 0.15) is 0 Å². The molecular formula is C17H15NO5. The van der Waals surface area contributed by atoms with Gasteiger partial charge >= 0.3 is 11.9 Å². The lowest BCUT2D eigenvalue weighted by Crippen LogP contribution is -2.60. The van der Waals surface area contributed by atoms with Gasteiger partial charge < -0.3 is 15.1 Å². The van der Waals surface area contributed by atoms with Crippen LogP contribution in [0.4, 0.5) is 0 Å². The minimum atomic E-state index is -1.25. The van der Waals surface area contributed by atoms with Crippen LogP contribution in [-0.2, 0) is 14.4 Å². The average molecular weight is 313 g/mol. The molecule has 2 heterocycles. The van der Waals surface area contributed by atoms with E-state index in [1.54, 1.807) is 12.2 Å². The van der Waals surface area contributed by atoms with Gasteiger partial charge in [0.15, 0.2) is 0 Å². The SMILES string of the molecule is O=C(O)C1C2C=CC(C1C(=O)O)N(/C=C/c1ccccc1)C2=O. The largest absolute Gasteiger partial charge is 0.481 e. The van der Waals surface area contributed by atoms with Gasteiger partial charge in [0.2, 0.25) is 5.91 Å². The van der Waals surface area contributed by atoms with Gasteiger partial charge in [0.05, 0.1) is 23.8 Å². The maximum atomic E-state index is 12.5. The Morgan fingerprint density at radius 1 is 1.00 bits per heavy atom. The fourth-order valence-electron chi connectivity index (χ4n) is 3.24. The molecule has 4 unspecified atom stereocenters. The van der Waals surface area contributed by atoms with Crippen LogP contribution in [0.2, 0.25) is 0 Å². The van der Waals surface area contributed by atoms with Gasteiger partial charge in [-0.25, -0.2) is 0 Å². The number of carbonyl (C=O) groups excluding carboxylic acids is 1. The average Bonchev–Trinajstić information content (AvgIpc) is 2.54. The summed E-state index contributed by atoms with van der Waals surface area (Å²) in [5.41, 5.74) is 0.868. The quantitative estimate of drug-likeness (QED) is 0.821. The highest BCUT2D eigenvalue weighted by Crippen LogP contribution is 2.40. The molecular weight excluding hydrogens is 298 g/mol. The van der Waals surface area contributed by atoms with Crippen LogP contribution in [0.5, 0.6) is 0 Å². The van der Waals surface area contributed by atoms with Crippen molar-refractivity contribution in [3.8, 4) is 0 Å². The molecule has 3 aliphatic rings. The number of carboxylic acids is 2. The van der Waals surface area contributed by atoms with Crippen molar-refractivity contribution in [3.05, 3.63) is 54.2 Å². The first-order valence-electron chi connectivity index (χ1n) is 7.20. The van der Waals surface area contributed by atoms with Gasteiger partial charge in [-0.1, -0.05) is 42.5 Å². The van der Waals surface area contributed by atoms with Crippen molar-refractivity contribution in [2.75, 3.05) is 0 Å². The predicted octanol–water partition coefficient (Wildman–Crippen LogP) is 1.46. The molecule has 1 saturated heterocycles. The highest BCUT2D eigenvalue weighted by Gasteiger charge is 2.55. The molecule has 4 atom stereocenters. The maximum Gasteiger partial charge on any atom is 0.309 e. The molecule has 1 aliphatic carbocycles. The second-order valence-electron chi connectivity index (χ2n) is 5.60. The second kappa shape index (κ2) is 5.72. The summed E-state index contributed by atoms with van der Waals surface area (Å²) in [7, 11) is 0. The Morgan fingerprint density at radius 2 is 1.65 bits per heavy atom. The Morgan fingerprint density at radius 3 is 2.26 bits per heavy atom. The van der Waals surface area contributed by atoms with Crippen molar-refractivity contribution in [3.63, 3.8) is 0 Å². The first-order valence-corrected chi connectivity index (χ1v) is 7.20. The summed E-state index contributed by atoms with van der Waals surface area (Å²) >= 11 is 0. The van der Waals surface area contributed by atoms with E-state index >= 15 is 0 Å². The molecule has 118 valence electrons. The molecule has 1 fully saturated rings. The zero-order valence-corrected chi connectivity index (χ0v) is 12.1. The van der Waals surface area contributed by atoms with E-state index in [0.29, 0.717) is 0 Å². The molecule has 1 aromatic rings. The van der Waals surface area contributed by atoms with Gasteiger partial charge in [-0.05, 0) is 11.6 Å². The molecule has 2 N–H and O–H groups in total. The standard InChI is InChI=1S/C17H15NO5/c19-15-11-6-7-12(14(17(22)23)13(11)16(20)21)18(15)9-8-10-4-2-1-3-5-10/h1-9,11-14H,(H,20,21)(H,22,23)/b9-8+. The van der Waals surface area contributed by atoms with Crippen molar-refractivity contribution < 1.29 is 24.6 Å². The number of aliphatic carboxylic acids is 2. The number of fused-ring (bicyclic) bond motifs is 2. The van der Waals surface area contributed by atoms with Crippen LogP contribution in [0.3, 0.4) is 0 Å². The highest BCUT2D eigenvalue weighted by atomic mass is 16.4. The van der Waals surface area contributed by atoms with Crippen molar-refractivity contribution in [1.82, 2.24) is 4.90 Å². The van der Waals surface area contributed by atoms with E-state index in [2.05, 4.69) is 0 Å². The first kappa shape index (κ1) is 15.0. The van der Waals surface area contributed by atoms with E-state index in [-0.39, 0.29) is 5.91 Å². The number of amides is 1. The third-order valence-electron chi connectivity index (χ3n) is 4.32. The Hall–Kier alpha value is -2.89. The van der Waals surface area contributed by atoms with Gasteiger partial charge in [-0.15, -0.1) is 0 Å². The first-order chi connectivity index (χ1) is 11.0. The predicted molar refractivity (Wildman–Crippen MR) is 81.0 cm³/mol. The lowest BCUT2D eigenvalue weighted by molar-refractivity contribution is -0.167. The lowest BCUT2D eigenvalue weighted by atomic mass is 9.68. The summed E-state index contributed by atoms with van der Waals surface area (Å²) < 4.78 is 0. The molecule has 23 heavy (non-hydrogen) atoms. The number of nitrogens with zero attached hydrogens (tertiary/aromatic N) is 1. The van der Waals surface area contributed by atoms with E-state index in [1.165, 1.54) is 17.2 Å². The van der Waals surface area contributed by atoms with E-state index < -0.39 is 35.7 Å². The lowest BCUT2D eigenvalue weighted by Gasteiger charge is -2.45. The number of hydrogen-bond acceptors (Lipinski definition) is 3. The molecule has 4 rings (SSSR count). The number of piperidine rings is 1. The number of benzene rings is 1. The number of rotatable bonds is 4. The molecule has 2 aliphatic heterocycles. The van der Waals surface area contributed by atoms with Crippen LogP contribution in [0.1, 0.15) is 5.56 Å². The number of carboxylic acid groups (broad SMARTS) is 2. The molecule has 6 heteroatoms. The fraction of sp³-hybridized carbons (Fsp3) is 0.235. The van der Waals surface area contributed by atoms with Crippen LogP contribution < -0.4 is 0 Å². The van der Waals surface area contributed by atoms with Crippen molar-refractivity contribution in [2.45, 2.75) is 6.04 Å². The summed E-state index contributed by atoms with van der Waals surface area (Å²) in [4.78, 5) is 36.7. The number of carbonyl (C=O) groups is 3. The maximum absolute atomic E-state index is 12.5. The molecule has 1 amide bonds. The van der Waals surface area contributed by atoms with Crippen LogP contribution in [0.25, 0.3) is 6.08 Å². The molecule has 6 nitrogen and oxygen atoms in total. The van der Waals surface area contributed by atoms with Gasteiger partial charge in [0.25, 0.3) is 0 Å².